The highest BCUT2D eigenvalue weighted by Crippen LogP contribution is 2.65. The molecule has 6 aliphatic rings. The zero-order chi connectivity index (χ0) is 42.1. The molecule has 7 aromatic rings. The molecule has 0 aliphatic heterocycles. The molecule has 0 amide bonds. The number of hydrogen-bond donors (Lipinski definition) is 0. The van der Waals surface area contributed by atoms with Crippen LogP contribution in [-0.4, -0.2) is 0 Å². The average Bonchev–Trinajstić information content (AvgIpc) is 3.56. The van der Waals surface area contributed by atoms with Gasteiger partial charge < -0.3 is 9.80 Å². The molecule has 2 heteroatoms. The Morgan fingerprint density at radius 2 is 0.841 bits per heavy atom. The average molecular weight is 821 g/mol. The maximum absolute atomic E-state index is 2.54. The molecular weight excluding hydrogens is 761 g/mol. The van der Waals surface area contributed by atoms with Crippen LogP contribution in [0.2, 0.25) is 0 Å². The highest BCUT2D eigenvalue weighted by atomic mass is 15.1. The Morgan fingerprint density at radius 1 is 0.397 bits per heavy atom. The lowest BCUT2D eigenvalue weighted by Crippen LogP contribution is -2.56. The minimum Gasteiger partial charge on any atom is -0.311 e. The zero-order valence-electron chi connectivity index (χ0n) is 37.1. The second kappa shape index (κ2) is 15.4. The van der Waals surface area contributed by atoms with E-state index in [9.17, 15) is 0 Å². The van der Waals surface area contributed by atoms with E-state index >= 15 is 0 Å². The fourth-order valence-corrected chi connectivity index (χ4v) is 14.0. The van der Waals surface area contributed by atoms with Gasteiger partial charge in [-0.05, 0) is 186 Å². The maximum Gasteiger partial charge on any atom is 0.0468 e. The van der Waals surface area contributed by atoms with Gasteiger partial charge in [0.2, 0.25) is 0 Å². The first-order chi connectivity index (χ1) is 30.9. The van der Waals surface area contributed by atoms with E-state index in [1.807, 2.05) is 0 Å². The zero-order valence-corrected chi connectivity index (χ0v) is 37.1. The molecule has 5 saturated carbocycles. The van der Waals surface area contributed by atoms with E-state index in [1.165, 1.54) is 137 Å². The molecule has 0 spiro atoms. The van der Waals surface area contributed by atoms with Gasteiger partial charge in [-0.15, -0.1) is 0 Å². The second-order valence-electron chi connectivity index (χ2n) is 20.4. The largest absolute Gasteiger partial charge is 0.311 e. The molecular formula is C61H60N2. The van der Waals surface area contributed by atoms with E-state index in [4.69, 9.17) is 0 Å². The van der Waals surface area contributed by atoms with Gasteiger partial charge in [0.25, 0.3) is 0 Å². The number of para-hydroxylation sites is 2. The third-order valence-corrected chi connectivity index (χ3v) is 16.7. The lowest BCUT2D eigenvalue weighted by Gasteiger charge is -2.62. The van der Waals surface area contributed by atoms with Crippen molar-refractivity contribution in [2.75, 3.05) is 9.80 Å². The molecule has 0 aromatic heterocycles. The predicted octanol–water partition coefficient (Wildman–Crippen LogP) is 16.7. The molecule has 4 bridgehead atoms. The Bertz CT molecular complexity index is 2660. The molecule has 0 radical (unpaired) electrons. The van der Waals surface area contributed by atoms with Crippen molar-refractivity contribution in [2.24, 2.45) is 23.7 Å². The van der Waals surface area contributed by atoms with E-state index in [0.29, 0.717) is 17.8 Å². The molecule has 0 unspecified atom stereocenters. The van der Waals surface area contributed by atoms with Crippen molar-refractivity contribution in [3.63, 3.8) is 0 Å². The smallest absolute Gasteiger partial charge is 0.0468 e. The molecule has 5 fully saturated rings. The van der Waals surface area contributed by atoms with Crippen LogP contribution in [-0.2, 0) is 10.8 Å². The van der Waals surface area contributed by atoms with Crippen molar-refractivity contribution in [1.29, 1.82) is 0 Å². The van der Waals surface area contributed by atoms with Crippen LogP contribution in [0.1, 0.15) is 112 Å². The van der Waals surface area contributed by atoms with Crippen LogP contribution in [0.4, 0.5) is 34.1 Å². The topological polar surface area (TPSA) is 6.48 Å². The fourth-order valence-electron chi connectivity index (χ4n) is 14.0. The van der Waals surface area contributed by atoms with Gasteiger partial charge in [0.15, 0.2) is 0 Å². The molecule has 0 atom stereocenters. The Labute approximate surface area is 375 Å². The number of benzene rings is 7. The second-order valence-corrected chi connectivity index (χ2v) is 20.4. The molecule has 6 aliphatic carbocycles. The summed E-state index contributed by atoms with van der Waals surface area (Å²) < 4.78 is 0. The van der Waals surface area contributed by atoms with E-state index in [2.05, 4.69) is 200 Å². The first kappa shape index (κ1) is 38.8. The van der Waals surface area contributed by atoms with Crippen LogP contribution in [0.15, 0.2) is 176 Å². The lowest BCUT2D eigenvalue weighted by molar-refractivity contribution is -0.0418. The molecule has 0 N–H and O–H groups in total. The van der Waals surface area contributed by atoms with Crippen molar-refractivity contribution >= 4 is 34.1 Å². The molecule has 314 valence electrons. The first-order valence-electron chi connectivity index (χ1n) is 24.2. The summed E-state index contributed by atoms with van der Waals surface area (Å²) in [5, 5.41) is 0. The van der Waals surface area contributed by atoms with Crippen LogP contribution in [0.5, 0.6) is 0 Å². The summed E-state index contributed by atoms with van der Waals surface area (Å²) in [4.78, 5) is 4.93. The Morgan fingerprint density at radius 3 is 1.40 bits per heavy atom. The fraction of sp³-hybridized carbons (Fsp3) is 0.311. The van der Waals surface area contributed by atoms with Crippen LogP contribution in [0, 0.1) is 23.7 Å². The first-order valence-corrected chi connectivity index (χ1v) is 24.2. The van der Waals surface area contributed by atoms with Gasteiger partial charge in [-0.3, -0.25) is 0 Å². The third kappa shape index (κ3) is 6.42. The number of nitrogens with zero attached hydrogens (tertiary/aromatic N) is 2. The molecule has 0 heterocycles. The highest BCUT2D eigenvalue weighted by Gasteiger charge is 2.58. The van der Waals surface area contributed by atoms with Gasteiger partial charge in [0.05, 0.1) is 0 Å². The van der Waals surface area contributed by atoms with E-state index in [-0.39, 0.29) is 10.8 Å². The van der Waals surface area contributed by atoms with Crippen molar-refractivity contribution in [3.8, 4) is 11.1 Å². The quantitative estimate of drug-likeness (QED) is 0.143. The monoisotopic (exact) mass is 820 g/mol. The normalized spacial score (nSPS) is 24.2. The summed E-state index contributed by atoms with van der Waals surface area (Å²) in [6.45, 7) is 4.77. The third-order valence-electron chi connectivity index (χ3n) is 16.7. The number of rotatable bonds is 9. The lowest BCUT2D eigenvalue weighted by atomic mass is 9.42. The predicted molar refractivity (Wildman–Crippen MR) is 263 cm³/mol. The Balaban J connectivity index is 0.956. The molecule has 2 nitrogen and oxygen atoms in total. The Kier molecular flexibility index (Phi) is 9.51. The van der Waals surface area contributed by atoms with Gasteiger partial charge >= 0.3 is 0 Å². The summed E-state index contributed by atoms with van der Waals surface area (Å²) in [6, 6.07) is 67.5. The van der Waals surface area contributed by atoms with Crippen LogP contribution >= 0.6 is 0 Å². The van der Waals surface area contributed by atoms with Gasteiger partial charge in [0.1, 0.15) is 0 Å². The van der Waals surface area contributed by atoms with Gasteiger partial charge in [0, 0.05) is 45.0 Å². The summed E-state index contributed by atoms with van der Waals surface area (Å²) in [6.07, 6.45) is 13.6. The van der Waals surface area contributed by atoms with Crippen molar-refractivity contribution in [1.82, 2.24) is 0 Å². The maximum atomic E-state index is 2.54. The molecule has 0 saturated heterocycles. The number of hydrogen-bond acceptors (Lipinski definition) is 2. The highest BCUT2D eigenvalue weighted by molar-refractivity contribution is 5.86. The molecule has 13 rings (SSSR count). The van der Waals surface area contributed by atoms with Gasteiger partial charge in [-0.1, -0.05) is 136 Å². The van der Waals surface area contributed by atoms with Gasteiger partial charge in [-0.25, -0.2) is 0 Å². The van der Waals surface area contributed by atoms with Crippen LogP contribution < -0.4 is 9.80 Å². The van der Waals surface area contributed by atoms with E-state index in [0.717, 1.165) is 11.8 Å². The molecule has 63 heavy (non-hydrogen) atoms. The minimum atomic E-state index is -0.0227. The van der Waals surface area contributed by atoms with Crippen LogP contribution in [0.3, 0.4) is 0 Å². The van der Waals surface area contributed by atoms with Gasteiger partial charge in [-0.2, -0.15) is 0 Å². The summed E-state index contributed by atoms with van der Waals surface area (Å²) in [7, 11) is 0. The SMILES string of the molecule is CC1(C)c2ccccc2-c2cc(N(c3ccc(C4CCCCC4)cc3)c3ccc(C4(c5ccc(N(c6ccccc6)c6ccccc6)cc5)C5CC6CC(C5)CC4C6)cc3)ccc21. The van der Waals surface area contributed by atoms with Crippen LogP contribution in [0.25, 0.3) is 11.1 Å². The Hall–Kier alpha value is -5.86. The standard InChI is InChI=1S/C61H60N2/c1-60(2)58-21-13-12-20-56(58)57-41-55(34-35-59(57)60)63(52-28-22-45(23-29-52)44-14-6-3-7-15-44)54-32-26-47(27-33-54)61(48-37-42-36-43(39-48)40-49(61)38-42)46-24-30-53(31-25-46)62(50-16-8-4-9-17-50)51-18-10-5-11-19-51/h4-5,8-13,16-35,41-44,48-49H,3,6-7,14-15,36-40H2,1-2H3. The van der Waals surface area contributed by atoms with Crippen molar-refractivity contribution < 1.29 is 0 Å². The minimum absolute atomic E-state index is 0.00411. The van der Waals surface area contributed by atoms with E-state index < -0.39 is 0 Å². The van der Waals surface area contributed by atoms with E-state index in [1.54, 1.807) is 0 Å². The summed E-state index contributed by atoms with van der Waals surface area (Å²) in [5.41, 5.74) is 17.3. The summed E-state index contributed by atoms with van der Waals surface area (Å²) >= 11 is 0. The number of anilines is 6. The summed E-state index contributed by atoms with van der Waals surface area (Å²) in [5.74, 6) is 3.77. The van der Waals surface area contributed by atoms with Crippen molar-refractivity contribution in [2.45, 2.75) is 94.8 Å². The number of fused-ring (bicyclic) bond motifs is 3. The molecule has 7 aromatic carbocycles. The van der Waals surface area contributed by atoms with Crippen molar-refractivity contribution in [3.05, 3.63) is 204 Å².